The molecule has 1 saturated heterocycles. The highest BCUT2D eigenvalue weighted by molar-refractivity contribution is 9.10. The van der Waals surface area contributed by atoms with Gasteiger partial charge >= 0.3 is 6.09 Å². The Morgan fingerprint density at radius 2 is 2.08 bits per heavy atom. The van der Waals surface area contributed by atoms with Crippen LogP contribution in [0.4, 0.5) is 19.4 Å². The number of amides is 1. The molecule has 3 rings (SSSR count). The van der Waals surface area contributed by atoms with Crippen molar-refractivity contribution >= 4 is 27.8 Å². The minimum atomic E-state index is -1.97. The zero-order chi connectivity index (χ0) is 18.0. The highest BCUT2D eigenvalue weighted by Gasteiger charge is 2.35. The van der Waals surface area contributed by atoms with E-state index in [9.17, 15) is 13.6 Å². The molecule has 1 amide bonds. The normalized spacial score (nSPS) is 14.2. The number of hydrogen-bond donors (Lipinski definition) is 0. The van der Waals surface area contributed by atoms with Gasteiger partial charge in [-0.2, -0.15) is 8.78 Å². The third-order valence-corrected chi connectivity index (χ3v) is 4.16. The molecule has 6 nitrogen and oxygen atoms in total. The number of carbonyl (C=O) groups is 1. The lowest BCUT2D eigenvalue weighted by atomic mass is 10.2. The Morgan fingerprint density at radius 1 is 1.36 bits per heavy atom. The van der Waals surface area contributed by atoms with Gasteiger partial charge < -0.3 is 14.0 Å². The van der Waals surface area contributed by atoms with Crippen LogP contribution in [0.2, 0.25) is 0 Å². The Balaban J connectivity index is 2.05. The molecule has 0 unspecified atom stereocenters. The topological polar surface area (TPSA) is 56.6 Å². The molecule has 0 atom stereocenters. The summed E-state index contributed by atoms with van der Waals surface area (Å²) < 4.78 is 38.6. The van der Waals surface area contributed by atoms with Gasteiger partial charge in [0.2, 0.25) is 0 Å². The van der Waals surface area contributed by atoms with Crippen LogP contribution in [0.1, 0.15) is 0 Å². The van der Waals surface area contributed by atoms with E-state index in [2.05, 4.69) is 20.9 Å². The largest absolute Gasteiger partial charge is 0.442 e. The van der Waals surface area contributed by atoms with Gasteiger partial charge in [0.05, 0.1) is 6.61 Å². The van der Waals surface area contributed by atoms with Crippen LogP contribution in [0.25, 0.3) is 11.4 Å². The van der Waals surface area contributed by atoms with Gasteiger partial charge in [0, 0.05) is 29.9 Å². The molecule has 2 aromatic rings. The summed E-state index contributed by atoms with van der Waals surface area (Å²) in [6.45, 7) is 0.387. The first kappa shape index (κ1) is 17.6. The van der Waals surface area contributed by atoms with Gasteiger partial charge in [-0.05, 0) is 12.1 Å². The van der Waals surface area contributed by atoms with Crippen LogP contribution in [-0.4, -0.2) is 36.0 Å². The second-order valence-electron chi connectivity index (χ2n) is 5.21. The molecule has 1 aliphatic heterocycles. The van der Waals surface area contributed by atoms with E-state index in [4.69, 9.17) is 9.47 Å². The number of methoxy groups -OCH3 is 1. The van der Waals surface area contributed by atoms with Crippen molar-refractivity contribution in [2.24, 2.45) is 0 Å². The van der Waals surface area contributed by atoms with Crippen molar-refractivity contribution in [2.75, 3.05) is 25.2 Å². The third-order valence-electron chi connectivity index (χ3n) is 3.63. The number of rotatable bonds is 5. The molecule has 0 bridgehead atoms. The Hall–Kier alpha value is -2.26. The minimum Gasteiger partial charge on any atom is -0.442 e. The molecule has 132 valence electrons. The first-order valence-corrected chi connectivity index (χ1v) is 8.13. The van der Waals surface area contributed by atoms with Crippen molar-refractivity contribution in [3.8, 4) is 11.4 Å². The molecule has 9 heteroatoms. The van der Waals surface area contributed by atoms with Crippen molar-refractivity contribution in [1.82, 2.24) is 9.55 Å². The van der Waals surface area contributed by atoms with Crippen molar-refractivity contribution in [1.29, 1.82) is 0 Å². The highest BCUT2D eigenvalue weighted by atomic mass is 79.9. The van der Waals surface area contributed by atoms with Crippen LogP contribution >= 0.6 is 15.9 Å². The van der Waals surface area contributed by atoms with Gasteiger partial charge in [-0.1, -0.05) is 28.1 Å². The zero-order valence-corrected chi connectivity index (χ0v) is 14.8. The summed E-state index contributed by atoms with van der Waals surface area (Å²) in [4.78, 5) is 17.0. The number of ether oxygens (including phenoxy) is 2. The van der Waals surface area contributed by atoms with Gasteiger partial charge in [0.1, 0.15) is 18.1 Å². The van der Waals surface area contributed by atoms with Crippen LogP contribution < -0.4 is 4.90 Å². The molecule has 1 fully saturated rings. The second-order valence-corrected chi connectivity index (χ2v) is 6.13. The van der Waals surface area contributed by atoms with E-state index in [1.165, 1.54) is 6.20 Å². The van der Waals surface area contributed by atoms with Gasteiger partial charge in [-0.15, -0.1) is 0 Å². The van der Waals surface area contributed by atoms with Crippen molar-refractivity contribution in [3.63, 3.8) is 0 Å². The van der Waals surface area contributed by atoms with Crippen LogP contribution in [0.5, 0.6) is 0 Å². The molecule has 0 spiro atoms. The van der Waals surface area contributed by atoms with Crippen LogP contribution in [0.3, 0.4) is 0 Å². The molecular formula is C16H14BrF2N3O3. The predicted molar refractivity (Wildman–Crippen MR) is 90.3 cm³/mol. The lowest BCUT2D eigenvalue weighted by molar-refractivity contribution is 0.181. The summed E-state index contributed by atoms with van der Waals surface area (Å²) in [6.07, 6.45) is -1.31. The summed E-state index contributed by atoms with van der Waals surface area (Å²) in [5.74, 6) is 0.622. The molecule has 1 aliphatic rings. The summed E-state index contributed by atoms with van der Waals surface area (Å²) in [7, 11) is 1.56. The monoisotopic (exact) mass is 413 g/mol. The number of nitrogens with zero attached hydrogens (tertiary/aromatic N) is 3. The Morgan fingerprint density at radius 3 is 2.72 bits per heavy atom. The van der Waals surface area contributed by atoms with E-state index in [0.717, 1.165) is 14.9 Å². The maximum Gasteiger partial charge on any atom is 0.420 e. The van der Waals surface area contributed by atoms with Crippen molar-refractivity contribution in [3.05, 3.63) is 46.7 Å². The smallest absolute Gasteiger partial charge is 0.420 e. The number of halogens is 3. The van der Waals surface area contributed by atoms with Gasteiger partial charge in [-0.25, -0.2) is 14.7 Å². The number of benzene rings is 1. The van der Waals surface area contributed by atoms with Crippen LogP contribution in [0.15, 0.2) is 46.7 Å². The maximum atomic E-state index is 13.1. The summed E-state index contributed by atoms with van der Waals surface area (Å²) in [5.41, 5.74) is 0.285. The molecule has 2 heterocycles. The highest BCUT2D eigenvalue weighted by Crippen LogP contribution is 2.31. The quantitative estimate of drug-likeness (QED) is 0.742. The maximum absolute atomic E-state index is 13.1. The van der Waals surface area contributed by atoms with Crippen molar-refractivity contribution in [2.45, 2.75) is 6.54 Å². The molecule has 0 aliphatic carbocycles. The first-order chi connectivity index (χ1) is 12.0. The average Bonchev–Trinajstić information content (AvgIpc) is 3.17. The summed E-state index contributed by atoms with van der Waals surface area (Å²) >= 11 is 3.36. The molecule has 1 aromatic heterocycles. The minimum absolute atomic E-state index is 0.0827. The number of aromatic nitrogens is 2. The van der Waals surface area contributed by atoms with E-state index >= 15 is 0 Å². The Labute approximate surface area is 150 Å². The molecule has 0 radical (unpaired) electrons. The van der Waals surface area contributed by atoms with Gasteiger partial charge in [0.25, 0.3) is 6.08 Å². The SMILES string of the molecule is COCCn1cc(N2C(=O)OCC2=C(F)F)nc1-c1ccc(Br)cc1. The summed E-state index contributed by atoms with van der Waals surface area (Å²) in [6, 6.07) is 7.38. The molecular weight excluding hydrogens is 400 g/mol. The molecule has 0 N–H and O–H groups in total. The van der Waals surface area contributed by atoms with Gasteiger partial charge in [0.15, 0.2) is 5.82 Å². The predicted octanol–water partition coefficient (Wildman–Crippen LogP) is 4.02. The Kier molecular flexibility index (Phi) is 5.14. The first-order valence-electron chi connectivity index (χ1n) is 7.34. The third kappa shape index (κ3) is 3.57. The zero-order valence-electron chi connectivity index (χ0n) is 13.2. The lowest BCUT2D eigenvalue weighted by Crippen LogP contribution is -2.22. The fourth-order valence-corrected chi connectivity index (χ4v) is 2.70. The summed E-state index contributed by atoms with van der Waals surface area (Å²) in [5, 5.41) is 0. The number of carbonyl (C=O) groups excluding carboxylic acids is 1. The molecule has 0 saturated carbocycles. The number of imidazole rings is 1. The van der Waals surface area contributed by atoms with E-state index < -0.39 is 24.5 Å². The molecule has 25 heavy (non-hydrogen) atoms. The number of cyclic esters (lactones) is 1. The average molecular weight is 414 g/mol. The van der Waals surface area contributed by atoms with E-state index in [1.54, 1.807) is 11.7 Å². The van der Waals surface area contributed by atoms with Crippen LogP contribution in [0, 0.1) is 0 Å². The molecule has 1 aromatic carbocycles. The number of hydrogen-bond acceptors (Lipinski definition) is 4. The van der Waals surface area contributed by atoms with Crippen molar-refractivity contribution < 1.29 is 23.0 Å². The van der Waals surface area contributed by atoms with E-state index in [-0.39, 0.29) is 5.82 Å². The fraction of sp³-hybridized carbons (Fsp3) is 0.250. The van der Waals surface area contributed by atoms with Gasteiger partial charge in [-0.3, -0.25) is 0 Å². The van der Waals surface area contributed by atoms with E-state index in [0.29, 0.717) is 19.0 Å². The fourth-order valence-electron chi connectivity index (χ4n) is 2.44. The standard InChI is InChI=1S/C16H14BrF2N3O3/c1-24-7-6-21-8-13(22-12(14(18)19)9-25-16(22)23)20-15(21)10-2-4-11(17)5-3-10/h2-5,8H,6-7,9H2,1H3. The number of anilines is 1. The lowest BCUT2D eigenvalue weighted by Gasteiger charge is -2.09. The second kappa shape index (κ2) is 7.32. The van der Waals surface area contributed by atoms with Crippen LogP contribution in [-0.2, 0) is 16.0 Å². The Bertz CT molecular complexity index is 817. The van der Waals surface area contributed by atoms with E-state index in [1.807, 2.05) is 24.3 Å².